The van der Waals surface area contributed by atoms with Gasteiger partial charge in [-0.3, -0.25) is 4.72 Å². The zero-order valence-corrected chi connectivity index (χ0v) is 15.4. The minimum atomic E-state index is -3.76. The number of rotatable bonds is 5. The molecule has 1 aromatic heterocycles. The van der Waals surface area contributed by atoms with Crippen LogP contribution in [0.4, 0.5) is 26.0 Å². The van der Waals surface area contributed by atoms with Crippen molar-refractivity contribution in [3.8, 4) is 0 Å². The average molecular weight is 389 g/mol. The van der Waals surface area contributed by atoms with Crippen molar-refractivity contribution in [3.05, 3.63) is 77.5 Å². The van der Waals surface area contributed by atoms with Crippen molar-refractivity contribution in [2.45, 2.75) is 18.7 Å². The molecule has 0 aliphatic heterocycles. The Morgan fingerprint density at radius 2 is 1.74 bits per heavy atom. The van der Waals surface area contributed by atoms with Crippen molar-refractivity contribution in [1.29, 1.82) is 0 Å². The quantitative estimate of drug-likeness (QED) is 0.673. The Bertz CT molecular complexity index is 1080. The SMILES string of the molecule is Cc1ccc(S(=O)(=O)Nc2ccc(Nc3ccc(F)cc3F)nc2)c(C)c1. The molecule has 5 nitrogen and oxygen atoms in total. The first-order valence-corrected chi connectivity index (χ1v) is 9.51. The van der Waals surface area contributed by atoms with E-state index in [9.17, 15) is 17.2 Å². The molecular formula is C19H17F2N3O2S. The average Bonchev–Trinajstić information content (AvgIpc) is 2.58. The van der Waals surface area contributed by atoms with Crippen molar-refractivity contribution in [1.82, 2.24) is 4.98 Å². The van der Waals surface area contributed by atoms with Gasteiger partial charge in [0, 0.05) is 6.07 Å². The summed E-state index contributed by atoms with van der Waals surface area (Å²) in [6.45, 7) is 3.61. The van der Waals surface area contributed by atoms with Crippen molar-refractivity contribution >= 4 is 27.2 Å². The molecule has 0 spiro atoms. The molecule has 0 atom stereocenters. The molecule has 0 fully saturated rings. The van der Waals surface area contributed by atoms with Crippen LogP contribution < -0.4 is 10.0 Å². The van der Waals surface area contributed by atoms with E-state index >= 15 is 0 Å². The lowest BCUT2D eigenvalue weighted by Gasteiger charge is -2.12. The van der Waals surface area contributed by atoms with E-state index in [-0.39, 0.29) is 22.1 Å². The molecule has 8 heteroatoms. The first kappa shape index (κ1) is 18.8. The lowest BCUT2D eigenvalue weighted by molar-refractivity contribution is 0.586. The molecule has 0 unspecified atom stereocenters. The van der Waals surface area contributed by atoms with Gasteiger partial charge in [0.05, 0.1) is 22.5 Å². The van der Waals surface area contributed by atoms with Crippen LogP contribution in [0, 0.1) is 25.5 Å². The van der Waals surface area contributed by atoms with Crippen molar-refractivity contribution < 1.29 is 17.2 Å². The van der Waals surface area contributed by atoms with Gasteiger partial charge in [-0.05, 0) is 49.7 Å². The molecule has 2 aromatic carbocycles. The zero-order valence-electron chi connectivity index (χ0n) is 14.6. The summed E-state index contributed by atoms with van der Waals surface area (Å²) in [6.07, 6.45) is 1.31. The molecular weight excluding hydrogens is 372 g/mol. The van der Waals surface area contributed by atoms with E-state index in [2.05, 4.69) is 15.0 Å². The van der Waals surface area contributed by atoms with Gasteiger partial charge in [-0.25, -0.2) is 22.2 Å². The van der Waals surface area contributed by atoms with Gasteiger partial charge in [-0.15, -0.1) is 0 Å². The third-order valence-electron chi connectivity index (χ3n) is 3.83. The molecule has 27 heavy (non-hydrogen) atoms. The number of anilines is 3. The Morgan fingerprint density at radius 1 is 0.963 bits per heavy atom. The predicted molar refractivity (Wildman–Crippen MR) is 101 cm³/mol. The highest BCUT2D eigenvalue weighted by Gasteiger charge is 2.17. The van der Waals surface area contributed by atoms with E-state index in [4.69, 9.17) is 0 Å². The highest BCUT2D eigenvalue weighted by molar-refractivity contribution is 7.92. The summed E-state index contributed by atoms with van der Waals surface area (Å²) in [6, 6.07) is 11.2. The molecule has 3 aromatic rings. The van der Waals surface area contributed by atoms with Gasteiger partial charge < -0.3 is 5.32 Å². The summed E-state index contributed by atoms with van der Waals surface area (Å²) in [7, 11) is -3.76. The fourth-order valence-corrected chi connectivity index (χ4v) is 3.84. The van der Waals surface area contributed by atoms with Crippen LogP contribution in [0.15, 0.2) is 59.6 Å². The van der Waals surface area contributed by atoms with Crippen molar-refractivity contribution in [2.75, 3.05) is 10.0 Å². The first-order chi connectivity index (χ1) is 12.7. The Hall–Kier alpha value is -3.00. The van der Waals surface area contributed by atoms with E-state index in [1.807, 2.05) is 6.92 Å². The number of aromatic nitrogens is 1. The molecule has 3 rings (SSSR count). The van der Waals surface area contributed by atoms with Gasteiger partial charge in [0.1, 0.15) is 17.5 Å². The second-order valence-corrected chi connectivity index (χ2v) is 7.71. The topological polar surface area (TPSA) is 71.1 Å². The number of nitrogens with one attached hydrogen (secondary N) is 2. The summed E-state index contributed by atoms with van der Waals surface area (Å²) in [5, 5.41) is 2.71. The number of pyridine rings is 1. The molecule has 0 aliphatic rings. The number of nitrogens with zero attached hydrogens (tertiary/aromatic N) is 1. The number of sulfonamides is 1. The van der Waals surface area contributed by atoms with Gasteiger partial charge in [0.2, 0.25) is 0 Å². The fourth-order valence-electron chi connectivity index (χ4n) is 2.57. The summed E-state index contributed by atoms with van der Waals surface area (Å²) in [5.74, 6) is -1.14. The lowest BCUT2D eigenvalue weighted by atomic mass is 10.2. The van der Waals surface area contributed by atoms with E-state index in [1.54, 1.807) is 25.1 Å². The Balaban J connectivity index is 1.77. The summed E-state index contributed by atoms with van der Waals surface area (Å²) in [5.41, 5.74) is 1.93. The van der Waals surface area contributed by atoms with E-state index in [0.29, 0.717) is 5.56 Å². The number of hydrogen-bond donors (Lipinski definition) is 2. The van der Waals surface area contributed by atoms with Crippen LogP contribution in [0.25, 0.3) is 0 Å². The molecule has 2 N–H and O–H groups in total. The maximum Gasteiger partial charge on any atom is 0.262 e. The van der Waals surface area contributed by atoms with Crippen LogP contribution in [0.2, 0.25) is 0 Å². The number of hydrogen-bond acceptors (Lipinski definition) is 4. The second-order valence-electron chi connectivity index (χ2n) is 6.06. The Labute approximate surface area is 156 Å². The fraction of sp³-hybridized carbons (Fsp3) is 0.105. The van der Waals surface area contributed by atoms with E-state index < -0.39 is 21.7 Å². The first-order valence-electron chi connectivity index (χ1n) is 8.03. The van der Waals surface area contributed by atoms with Crippen molar-refractivity contribution in [3.63, 3.8) is 0 Å². The summed E-state index contributed by atoms with van der Waals surface area (Å²) in [4.78, 5) is 4.24. The van der Waals surface area contributed by atoms with Crippen LogP contribution in [-0.4, -0.2) is 13.4 Å². The van der Waals surface area contributed by atoms with Crippen LogP contribution >= 0.6 is 0 Å². The molecule has 0 amide bonds. The van der Waals surface area contributed by atoms with Crippen LogP contribution in [0.1, 0.15) is 11.1 Å². The van der Waals surface area contributed by atoms with Gasteiger partial charge in [0.25, 0.3) is 10.0 Å². The zero-order chi connectivity index (χ0) is 19.6. The third-order valence-corrected chi connectivity index (χ3v) is 5.37. The second kappa shape index (κ2) is 7.32. The highest BCUT2D eigenvalue weighted by Crippen LogP contribution is 2.23. The summed E-state index contributed by atoms with van der Waals surface area (Å²) >= 11 is 0. The minimum Gasteiger partial charge on any atom is -0.338 e. The van der Waals surface area contributed by atoms with E-state index in [1.165, 1.54) is 24.4 Å². The largest absolute Gasteiger partial charge is 0.338 e. The number of aryl methyl sites for hydroxylation is 2. The molecule has 0 radical (unpaired) electrons. The normalized spacial score (nSPS) is 11.3. The van der Waals surface area contributed by atoms with Crippen molar-refractivity contribution in [2.24, 2.45) is 0 Å². The Kier molecular flexibility index (Phi) is 5.09. The minimum absolute atomic E-state index is 0.0625. The molecule has 140 valence electrons. The Morgan fingerprint density at radius 3 is 2.37 bits per heavy atom. The lowest BCUT2D eigenvalue weighted by Crippen LogP contribution is -2.14. The van der Waals surface area contributed by atoms with Gasteiger partial charge in [-0.2, -0.15) is 0 Å². The van der Waals surface area contributed by atoms with E-state index in [0.717, 1.165) is 17.7 Å². The molecule has 0 bridgehead atoms. The number of benzene rings is 2. The summed E-state index contributed by atoms with van der Waals surface area (Å²) < 4.78 is 54.2. The van der Waals surface area contributed by atoms with Gasteiger partial charge in [0.15, 0.2) is 0 Å². The molecule has 1 heterocycles. The van der Waals surface area contributed by atoms with Gasteiger partial charge >= 0.3 is 0 Å². The molecule has 0 saturated heterocycles. The van der Waals surface area contributed by atoms with Gasteiger partial charge in [-0.1, -0.05) is 17.7 Å². The maximum atomic E-state index is 13.7. The third kappa shape index (κ3) is 4.40. The van der Waals surface area contributed by atoms with Crippen LogP contribution in [-0.2, 0) is 10.0 Å². The van der Waals surface area contributed by atoms with Crippen LogP contribution in [0.5, 0.6) is 0 Å². The molecule has 0 saturated carbocycles. The number of halogens is 2. The maximum absolute atomic E-state index is 13.7. The predicted octanol–water partition coefficient (Wildman–Crippen LogP) is 4.52. The monoisotopic (exact) mass is 389 g/mol. The highest BCUT2D eigenvalue weighted by atomic mass is 32.2. The standard InChI is InChI=1S/C19H17F2N3O2S/c1-12-3-7-18(13(2)9-12)27(25,26)24-15-5-8-19(22-11-15)23-17-6-4-14(20)10-16(17)21/h3-11,24H,1-2H3,(H,22,23). The smallest absolute Gasteiger partial charge is 0.262 e. The van der Waals surface area contributed by atoms with Crippen LogP contribution in [0.3, 0.4) is 0 Å². The molecule has 0 aliphatic carbocycles.